The van der Waals surface area contributed by atoms with Crippen LogP contribution in [-0.2, 0) is 9.59 Å². The molecule has 2 atom stereocenters. The highest BCUT2D eigenvalue weighted by atomic mass is 16.2. The van der Waals surface area contributed by atoms with E-state index in [0.717, 1.165) is 19.3 Å². The van der Waals surface area contributed by atoms with Gasteiger partial charge in [0.1, 0.15) is 0 Å². The molecular weight excluding hydrogens is 206 g/mol. The lowest BCUT2D eigenvalue weighted by Gasteiger charge is -2.20. The van der Waals surface area contributed by atoms with Crippen LogP contribution in [-0.4, -0.2) is 41.9 Å². The summed E-state index contributed by atoms with van der Waals surface area (Å²) in [5.74, 6) is -0.0353. The van der Waals surface area contributed by atoms with E-state index in [4.69, 9.17) is 5.73 Å². The van der Waals surface area contributed by atoms with Crippen LogP contribution in [0.25, 0.3) is 0 Å². The molecule has 0 aromatic heterocycles. The summed E-state index contributed by atoms with van der Waals surface area (Å²) in [6.07, 6.45) is 2.46. The number of rotatable bonds is 4. The highest BCUT2D eigenvalue weighted by Crippen LogP contribution is 2.11. The van der Waals surface area contributed by atoms with Crippen molar-refractivity contribution in [1.82, 2.24) is 10.2 Å². The van der Waals surface area contributed by atoms with Crippen molar-refractivity contribution in [2.75, 3.05) is 13.1 Å². The van der Waals surface area contributed by atoms with Crippen LogP contribution < -0.4 is 11.1 Å². The zero-order chi connectivity index (χ0) is 12.1. The van der Waals surface area contributed by atoms with Crippen molar-refractivity contribution >= 4 is 11.8 Å². The van der Waals surface area contributed by atoms with E-state index in [-0.39, 0.29) is 23.9 Å². The van der Waals surface area contributed by atoms with Crippen LogP contribution in [0.1, 0.15) is 33.1 Å². The van der Waals surface area contributed by atoms with Crippen LogP contribution in [0.3, 0.4) is 0 Å². The molecule has 16 heavy (non-hydrogen) atoms. The summed E-state index contributed by atoms with van der Waals surface area (Å²) in [4.78, 5) is 24.5. The van der Waals surface area contributed by atoms with Crippen molar-refractivity contribution in [3.05, 3.63) is 0 Å². The molecule has 92 valence electrons. The summed E-state index contributed by atoms with van der Waals surface area (Å²) in [7, 11) is 0. The van der Waals surface area contributed by atoms with Crippen molar-refractivity contribution in [1.29, 1.82) is 0 Å². The number of carbonyl (C=O) groups excluding carboxylic acids is 2. The fraction of sp³-hybridized carbons (Fsp3) is 0.818. The number of carbonyl (C=O) groups is 2. The number of hydrogen-bond acceptors (Lipinski definition) is 3. The van der Waals surface area contributed by atoms with Gasteiger partial charge in [-0.25, -0.2) is 0 Å². The van der Waals surface area contributed by atoms with Gasteiger partial charge in [0.15, 0.2) is 0 Å². The Balaban J connectivity index is 2.40. The van der Waals surface area contributed by atoms with Crippen molar-refractivity contribution in [3.63, 3.8) is 0 Å². The Morgan fingerprint density at radius 2 is 2.25 bits per heavy atom. The molecule has 0 radical (unpaired) electrons. The Bertz CT molecular complexity index is 268. The van der Waals surface area contributed by atoms with Gasteiger partial charge >= 0.3 is 0 Å². The van der Waals surface area contributed by atoms with E-state index in [1.54, 1.807) is 4.90 Å². The fourth-order valence-electron chi connectivity index (χ4n) is 2.03. The topological polar surface area (TPSA) is 75.4 Å². The molecule has 0 spiro atoms. The smallest absolute Gasteiger partial charge is 0.239 e. The van der Waals surface area contributed by atoms with Crippen LogP contribution >= 0.6 is 0 Å². The van der Waals surface area contributed by atoms with Gasteiger partial charge in [-0.15, -0.1) is 0 Å². The molecule has 0 aromatic carbocycles. The molecule has 2 unspecified atom stereocenters. The van der Waals surface area contributed by atoms with E-state index in [0.29, 0.717) is 13.1 Å². The van der Waals surface area contributed by atoms with Gasteiger partial charge < -0.3 is 16.0 Å². The van der Waals surface area contributed by atoms with Crippen LogP contribution in [0, 0.1) is 0 Å². The van der Waals surface area contributed by atoms with Gasteiger partial charge in [-0.2, -0.15) is 0 Å². The third kappa shape index (κ3) is 3.48. The summed E-state index contributed by atoms with van der Waals surface area (Å²) < 4.78 is 0. The Kier molecular flexibility index (Phi) is 4.73. The largest absolute Gasteiger partial charge is 0.352 e. The summed E-state index contributed by atoms with van der Waals surface area (Å²) in [5, 5.41) is 2.82. The lowest BCUT2D eigenvalue weighted by Crippen LogP contribution is -2.44. The minimum Gasteiger partial charge on any atom is -0.352 e. The average molecular weight is 227 g/mol. The molecule has 0 aromatic rings. The number of hydrogen-bond donors (Lipinski definition) is 2. The van der Waals surface area contributed by atoms with Gasteiger partial charge in [0.25, 0.3) is 0 Å². The molecule has 1 heterocycles. The molecule has 5 nitrogen and oxygen atoms in total. The van der Waals surface area contributed by atoms with Crippen LogP contribution in [0.2, 0.25) is 0 Å². The van der Waals surface area contributed by atoms with E-state index < -0.39 is 0 Å². The van der Waals surface area contributed by atoms with Gasteiger partial charge in [-0.1, -0.05) is 13.3 Å². The normalized spacial score (nSPS) is 21.9. The number of nitrogens with two attached hydrogens (primary N) is 1. The van der Waals surface area contributed by atoms with Crippen LogP contribution in [0.4, 0.5) is 0 Å². The van der Waals surface area contributed by atoms with Gasteiger partial charge in [-0.3, -0.25) is 9.59 Å². The maximum Gasteiger partial charge on any atom is 0.239 e. The standard InChI is InChI=1S/C11H21N3O2/c1-3-4-10(12)11(16)14-6-5-9(7-14)13-8(2)15/h9-10H,3-7,12H2,1-2H3,(H,13,15). The summed E-state index contributed by atoms with van der Waals surface area (Å²) in [6.45, 7) is 4.79. The van der Waals surface area contributed by atoms with E-state index in [1.807, 2.05) is 6.92 Å². The number of amides is 2. The minimum absolute atomic E-state index is 0.00898. The van der Waals surface area contributed by atoms with E-state index in [1.165, 1.54) is 6.92 Å². The molecule has 1 fully saturated rings. The second kappa shape index (κ2) is 5.84. The average Bonchev–Trinajstić information content (AvgIpc) is 2.64. The molecular formula is C11H21N3O2. The number of likely N-dealkylation sites (tertiary alicyclic amines) is 1. The first-order valence-corrected chi connectivity index (χ1v) is 5.86. The maximum absolute atomic E-state index is 11.9. The van der Waals surface area contributed by atoms with E-state index >= 15 is 0 Å². The third-order valence-electron chi connectivity index (χ3n) is 2.82. The fourth-order valence-corrected chi connectivity index (χ4v) is 2.03. The zero-order valence-corrected chi connectivity index (χ0v) is 10.0. The lowest BCUT2D eigenvalue weighted by atomic mass is 10.1. The van der Waals surface area contributed by atoms with Gasteiger partial charge in [0.05, 0.1) is 6.04 Å². The van der Waals surface area contributed by atoms with E-state index in [9.17, 15) is 9.59 Å². The van der Waals surface area contributed by atoms with Gasteiger partial charge in [0, 0.05) is 26.1 Å². The van der Waals surface area contributed by atoms with Gasteiger partial charge in [-0.05, 0) is 12.8 Å². The monoisotopic (exact) mass is 227 g/mol. The second-order valence-electron chi connectivity index (χ2n) is 4.37. The summed E-state index contributed by atoms with van der Waals surface area (Å²) in [5.41, 5.74) is 5.78. The van der Waals surface area contributed by atoms with E-state index in [2.05, 4.69) is 5.32 Å². The zero-order valence-electron chi connectivity index (χ0n) is 10.0. The number of nitrogens with one attached hydrogen (secondary N) is 1. The lowest BCUT2D eigenvalue weighted by molar-refractivity contribution is -0.132. The van der Waals surface area contributed by atoms with Crippen molar-refractivity contribution in [3.8, 4) is 0 Å². The molecule has 3 N–H and O–H groups in total. The molecule has 0 aliphatic carbocycles. The predicted molar refractivity (Wildman–Crippen MR) is 61.7 cm³/mol. The van der Waals surface area contributed by atoms with Gasteiger partial charge in [0.2, 0.25) is 11.8 Å². The van der Waals surface area contributed by atoms with Crippen molar-refractivity contribution in [2.24, 2.45) is 5.73 Å². The first-order chi connectivity index (χ1) is 7.54. The molecule has 0 bridgehead atoms. The first-order valence-electron chi connectivity index (χ1n) is 5.86. The SMILES string of the molecule is CCCC(N)C(=O)N1CCC(NC(C)=O)C1. The first kappa shape index (κ1) is 13.0. The summed E-state index contributed by atoms with van der Waals surface area (Å²) >= 11 is 0. The maximum atomic E-state index is 11.9. The molecule has 0 saturated carbocycles. The molecule has 2 amide bonds. The van der Waals surface area contributed by atoms with Crippen molar-refractivity contribution < 1.29 is 9.59 Å². The highest BCUT2D eigenvalue weighted by molar-refractivity contribution is 5.82. The highest BCUT2D eigenvalue weighted by Gasteiger charge is 2.29. The minimum atomic E-state index is -0.388. The van der Waals surface area contributed by atoms with Crippen LogP contribution in [0.15, 0.2) is 0 Å². The molecule has 1 rings (SSSR count). The Hall–Kier alpha value is -1.10. The van der Waals surface area contributed by atoms with Crippen LogP contribution in [0.5, 0.6) is 0 Å². The number of nitrogens with zero attached hydrogens (tertiary/aromatic N) is 1. The molecule has 5 heteroatoms. The Morgan fingerprint density at radius 3 is 2.81 bits per heavy atom. The molecule has 1 aliphatic rings. The Labute approximate surface area is 96.4 Å². The third-order valence-corrected chi connectivity index (χ3v) is 2.82. The summed E-state index contributed by atoms with van der Waals surface area (Å²) in [6, 6.07) is -0.295. The molecule has 1 aliphatic heterocycles. The second-order valence-corrected chi connectivity index (χ2v) is 4.37. The van der Waals surface area contributed by atoms with Crippen molar-refractivity contribution in [2.45, 2.75) is 45.2 Å². The predicted octanol–water partition coefficient (Wildman–Crippen LogP) is -0.149. The Morgan fingerprint density at radius 1 is 1.56 bits per heavy atom. The molecule has 1 saturated heterocycles. The quantitative estimate of drug-likeness (QED) is 0.701.